The second-order valence-corrected chi connectivity index (χ2v) is 10.2. The molecule has 3 heterocycles. The minimum absolute atomic E-state index is 0.0831. The lowest BCUT2D eigenvalue weighted by Gasteiger charge is -2.25. The normalized spacial score (nSPS) is 15.4. The lowest BCUT2D eigenvalue weighted by atomic mass is 10.2. The standard InChI is InChI=1S/C17H16N4O5S3/c22-21(23)13-11-12(29(24,25)20-8-2-1-3-9-20)6-7-14(13)28-17-19-18-16(26-17)15-5-4-10-27-15/h4-7,10-11H,1-3,8-9H2. The van der Waals surface area contributed by atoms with E-state index >= 15 is 0 Å². The number of benzene rings is 1. The fourth-order valence-corrected chi connectivity index (χ4v) is 5.93. The van der Waals surface area contributed by atoms with Gasteiger partial charge in [-0.3, -0.25) is 10.1 Å². The molecule has 29 heavy (non-hydrogen) atoms. The van der Waals surface area contributed by atoms with Crippen molar-refractivity contribution in [3.8, 4) is 10.8 Å². The maximum Gasteiger partial charge on any atom is 0.284 e. The van der Waals surface area contributed by atoms with Gasteiger partial charge in [-0.2, -0.15) is 4.31 Å². The molecule has 0 radical (unpaired) electrons. The molecule has 0 aliphatic carbocycles. The number of aromatic nitrogens is 2. The number of nitrogens with zero attached hydrogens (tertiary/aromatic N) is 4. The first-order valence-electron chi connectivity index (χ1n) is 8.79. The Morgan fingerprint density at radius 1 is 1.17 bits per heavy atom. The van der Waals surface area contributed by atoms with Crippen LogP contribution >= 0.6 is 23.1 Å². The van der Waals surface area contributed by atoms with E-state index in [1.165, 1.54) is 27.8 Å². The number of piperidine rings is 1. The Kier molecular flexibility index (Phi) is 5.67. The van der Waals surface area contributed by atoms with E-state index in [0.29, 0.717) is 19.0 Å². The van der Waals surface area contributed by atoms with Gasteiger partial charge in [-0.15, -0.1) is 21.5 Å². The minimum atomic E-state index is -3.76. The van der Waals surface area contributed by atoms with E-state index in [0.717, 1.165) is 42.0 Å². The van der Waals surface area contributed by atoms with Gasteiger partial charge in [-0.05, 0) is 48.2 Å². The van der Waals surface area contributed by atoms with Crippen LogP contribution in [0, 0.1) is 10.1 Å². The zero-order chi connectivity index (χ0) is 20.4. The van der Waals surface area contributed by atoms with Gasteiger partial charge < -0.3 is 4.42 Å². The molecule has 0 atom stereocenters. The van der Waals surface area contributed by atoms with Crippen LogP contribution in [0.5, 0.6) is 0 Å². The summed E-state index contributed by atoms with van der Waals surface area (Å²) in [5.41, 5.74) is -0.316. The number of rotatable bonds is 6. The third kappa shape index (κ3) is 4.20. The molecule has 4 rings (SSSR count). The Morgan fingerprint density at radius 2 is 1.97 bits per heavy atom. The number of hydrogen-bond acceptors (Lipinski definition) is 9. The Labute approximate surface area is 175 Å². The molecule has 1 aliphatic rings. The second kappa shape index (κ2) is 8.22. The van der Waals surface area contributed by atoms with Crippen LogP contribution in [0.25, 0.3) is 10.8 Å². The molecule has 0 bridgehead atoms. The van der Waals surface area contributed by atoms with Crippen molar-refractivity contribution in [2.45, 2.75) is 34.3 Å². The Bertz CT molecular complexity index is 1120. The van der Waals surface area contributed by atoms with Crippen LogP contribution in [0.3, 0.4) is 0 Å². The van der Waals surface area contributed by atoms with Crippen LogP contribution in [0.15, 0.2) is 55.1 Å². The fraction of sp³-hybridized carbons (Fsp3) is 0.294. The minimum Gasteiger partial charge on any atom is -0.410 e. The van der Waals surface area contributed by atoms with Crippen molar-refractivity contribution in [1.29, 1.82) is 0 Å². The van der Waals surface area contributed by atoms with Crippen molar-refractivity contribution in [3.05, 3.63) is 45.8 Å². The summed E-state index contributed by atoms with van der Waals surface area (Å²) in [5, 5.41) is 21.5. The number of sulfonamides is 1. The van der Waals surface area contributed by atoms with E-state index in [1.807, 2.05) is 17.5 Å². The zero-order valence-electron chi connectivity index (χ0n) is 15.1. The highest BCUT2D eigenvalue weighted by molar-refractivity contribution is 7.99. The predicted molar refractivity (Wildman–Crippen MR) is 107 cm³/mol. The molecule has 2 aromatic heterocycles. The highest BCUT2D eigenvalue weighted by Crippen LogP contribution is 2.37. The molecule has 3 aromatic rings. The first-order valence-corrected chi connectivity index (χ1v) is 11.9. The first kappa shape index (κ1) is 20.0. The van der Waals surface area contributed by atoms with Crippen LogP contribution in [-0.4, -0.2) is 40.9 Å². The van der Waals surface area contributed by atoms with Gasteiger partial charge in [-0.25, -0.2) is 8.42 Å². The molecular formula is C17H16N4O5S3. The van der Waals surface area contributed by atoms with Crippen LogP contribution in [0.2, 0.25) is 0 Å². The van der Waals surface area contributed by atoms with Crippen molar-refractivity contribution >= 4 is 38.8 Å². The number of hydrogen-bond donors (Lipinski definition) is 0. The van der Waals surface area contributed by atoms with Gasteiger partial charge in [0.1, 0.15) is 0 Å². The lowest BCUT2D eigenvalue weighted by molar-refractivity contribution is -0.388. The van der Waals surface area contributed by atoms with E-state index in [9.17, 15) is 18.5 Å². The van der Waals surface area contributed by atoms with E-state index in [2.05, 4.69) is 10.2 Å². The van der Waals surface area contributed by atoms with Gasteiger partial charge in [0.25, 0.3) is 16.8 Å². The molecule has 152 valence electrons. The van der Waals surface area contributed by atoms with Crippen LogP contribution in [0.1, 0.15) is 19.3 Å². The molecule has 9 nitrogen and oxygen atoms in total. The molecule has 0 saturated carbocycles. The summed E-state index contributed by atoms with van der Waals surface area (Å²) in [4.78, 5) is 11.9. The topological polar surface area (TPSA) is 119 Å². The second-order valence-electron chi connectivity index (χ2n) is 6.30. The summed E-state index contributed by atoms with van der Waals surface area (Å²) < 4.78 is 32.6. The van der Waals surface area contributed by atoms with Crippen LogP contribution < -0.4 is 0 Å². The largest absolute Gasteiger partial charge is 0.410 e. The SMILES string of the molecule is O=[N+]([O-])c1cc(S(=O)(=O)N2CCCCC2)ccc1Sc1nnc(-c2cccs2)o1. The third-order valence-corrected chi connectivity index (χ3v) is 8.07. The molecule has 0 spiro atoms. The van der Waals surface area contributed by atoms with Gasteiger partial charge in [0.15, 0.2) is 0 Å². The van der Waals surface area contributed by atoms with Gasteiger partial charge in [0, 0.05) is 19.2 Å². The molecule has 1 fully saturated rings. The van der Waals surface area contributed by atoms with Gasteiger partial charge in [0.2, 0.25) is 10.0 Å². The average molecular weight is 453 g/mol. The fourth-order valence-electron chi connectivity index (χ4n) is 2.99. The van der Waals surface area contributed by atoms with E-state index in [-0.39, 0.29) is 20.7 Å². The molecule has 12 heteroatoms. The highest BCUT2D eigenvalue weighted by Gasteiger charge is 2.29. The summed E-state index contributed by atoms with van der Waals surface area (Å²) in [5.74, 6) is 0.328. The smallest absolute Gasteiger partial charge is 0.284 e. The van der Waals surface area contributed by atoms with Gasteiger partial charge in [-0.1, -0.05) is 12.5 Å². The summed E-state index contributed by atoms with van der Waals surface area (Å²) in [7, 11) is -3.76. The van der Waals surface area contributed by atoms with Crippen molar-refractivity contribution in [3.63, 3.8) is 0 Å². The lowest BCUT2D eigenvalue weighted by Crippen LogP contribution is -2.35. The van der Waals surface area contributed by atoms with Crippen molar-refractivity contribution in [2.75, 3.05) is 13.1 Å². The van der Waals surface area contributed by atoms with E-state index in [4.69, 9.17) is 4.42 Å². The monoisotopic (exact) mass is 452 g/mol. The average Bonchev–Trinajstić information content (AvgIpc) is 3.40. The quantitative estimate of drug-likeness (QED) is 0.406. The van der Waals surface area contributed by atoms with Crippen LogP contribution in [0.4, 0.5) is 5.69 Å². The maximum atomic E-state index is 12.8. The molecule has 1 aromatic carbocycles. The molecule has 1 saturated heterocycles. The summed E-state index contributed by atoms with van der Waals surface area (Å²) >= 11 is 2.37. The number of nitro benzene ring substituents is 1. The van der Waals surface area contributed by atoms with Crippen molar-refractivity contribution < 1.29 is 17.8 Å². The summed E-state index contributed by atoms with van der Waals surface area (Å²) in [6.45, 7) is 0.861. The molecule has 0 amide bonds. The van der Waals surface area contributed by atoms with E-state index < -0.39 is 14.9 Å². The van der Waals surface area contributed by atoms with Crippen LogP contribution in [-0.2, 0) is 10.0 Å². The number of nitro groups is 1. The first-order chi connectivity index (χ1) is 13.9. The summed E-state index contributed by atoms with van der Waals surface area (Å²) in [6, 6.07) is 7.58. The molecule has 1 aliphatic heterocycles. The highest BCUT2D eigenvalue weighted by atomic mass is 32.2. The van der Waals surface area contributed by atoms with Gasteiger partial charge in [0.05, 0.1) is 19.6 Å². The summed E-state index contributed by atoms with van der Waals surface area (Å²) in [6.07, 6.45) is 2.57. The predicted octanol–water partition coefficient (Wildman–Crippen LogP) is 4.03. The zero-order valence-corrected chi connectivity index (χ0v) is 17.5. The Balaban J connectivity index is 1.62. The van der Waals surface area contributed by atoms with Crippen molar-refractivity contribution in [1.82, 2.24) is 14.5 Å². The van der Waals surface area contributed by atoms with Crippen molar-refractivity contribution in [2.24, 2.45) is 0 Å². The maximum absolute atomic E-state index is 12.8. The Morgan fingerprint density at radius 3 is 2.66 bits per heavy atom. The molecule has 0 unspecified atom stereocenters. The molecular weight excluding hydrogens is 436 g/mol. The third-order valence-electron chi connectivity index (χ3n) is 4.42. The van der Waals surface area contributed by atoms with Gasteiger partial charge >= 0.3 is 0 Å². The Hall–Kier alpha value is -2.28. The molecule has 0 N–H and O–H groups in total. The van der Waals surface area contributed by atoms with E-state index in [1.54, 1.807) is 0 Å². The number of thiophene rings is 1.